The van der Waals surface area contributed by atoms with E-state index in [1.54, 1.807) is 12.1 Å². The highest BCUT2D eigenvalue weighted by Crippen LogP contribution is 2.32. The maximum Gasteiger partial charge on any atom is 0.356 e. The molecule has 22 heavy (non-hydrogen) atoms. The van der Waals surface area contributed by atoms with Gasteiger partial charge in [0.2, 0.25) is 0 Å². The summed E-state index contributed by atoms with van der Waals surface area (Å²) in [4.78, 5) is 11.3. The number of carboxylic acids is 1. The molecule has 0 aliphatic carbocycles. The fourth-order valence-electron chi connectivity index (χ4n) is 1.98. The van der Waals surface area contributed by atoms with Crippen molar-refractivity contribution in [2.45, 2.75) is 0 Å². The van der Waals surface area contributed by atoms with Gasteiger partial charge in [-0.2, -0.15) is 10.2 Å². The normalized spacial score (nSPS) is 10.9. The molecular weight excluding hydrogens is 280 g/mol. The van der Waals surface area contributed by atoms with E-state index in [0.29, 0.717) is 11.4 Å². The molecule has 0 aliphatic heterocycles. The third-order valence-electron chi connectivity index (χ3n) is 3.02. The van der Waals surface area contributed by atoms with Gasteiger partial charge in [0, 0.05) is 5.56 Å². The van der Waals surface area contributed by atoms with Crippen LogP contribution in [0, 0.1) is 0 Å². The predicted octanol–water partition coefficient (Wildman–Crippen LogP) is 4.19. The van der Waals surface area contributed by atoms with Crippen LogP contribution in [0.15, 0.2) is 70.9 Å². The zero-order chi connectivity index (χ0) is 15.4. The summed E-state index contributed by atoms with van der Waals surface area (Å²) in [6.07, 6.45) is 0. The Kier molecular flexibility index (Phi) is 3.74. The molecule has 108 valence electrons. The summed E-state index contributed by atoms with van der Waals surface area (Å²) in [6.45, 7) is 0. The number of H-pyrrole nitrogens is 1. The van der Waals surface area contributed by atoms with Gasteiger partial charge in [-0.25, -0.2) is 4.79 Å². The van der Waals surface area contributed by atoms with Gasteiger partial charge in [-0.3, -0.25) is 5.10 Å². The van der Waals surface area contributed by atoms with E-state index in [4.69, 9.17) is 0 Å². The highest BCUT2D eigenvalue weighted by atomic mass is 16.4. The molecule has 0 amide bonds. The van der Waals surface area contributed by atoms with Crippen molar-refractivity contribution >= 4 is 17.3 Å². The van der Waals surface area contributed by atoms with E-state index < -0.39 is 5.97 Å². The Balaban J connectivity index is 2.06. The van der Waals surface area contributed by atoms with Crippen molar-refractivity contribution < 1.29 is 9.90 Å². The summed E-state index contributed by atoms with van der Waals surface area (Å²) in [5.74, 6) is -1.13. The van der Waals surface area contributed by atoms with Crippen molar-refractivity contribution in [1.29, 1.82) is 0 Å². The van der Waals surface area contributed by atoms with Crippen LogP contribution >= 0.6 is 0 Å². The van der Waals surface area contributed by atoms with Crippen LogP contribution in [0.1, 0.15) is 10.5 Å². The predicted molar refractivity (Wildman–Crippen MR) is 81.6 cm³/mol. The van der Waals surface area contributed by atoms with Crippen LogP contribution in [-0.4, -0.2) is 21.3 Å². The summed E-state index contributed by atoms with van der Waals surface area (Å²) in [5, 5.41) is 24.0. The van der Waals surface area contributed by atoms with Crippen molar-refractivity contribution in [3.05, 3.63) is 66.4 Å². The first-order valence-corrected chi connectivity index (χ1v) is 6.59. The van der Waals surface area contributed by atoms with E-state index in [2.05, 4.69) is 20.4 Å². The lowest BCUT2D eigenvalue weighted by Crippen LogP contribution is -1.96. The molecule has 0 atom stereocenters. The maximum atomic E-state index is 11.3. The van der Waals surface area contributed by atoms with Crippen LogP contribution in [0.2, 0.25) is 0 Å². The topological polar surface area (TPSA) is 90.7 Å². The molecule has 2 N–H and O–H groups in total. The van der Waals surface area contributed by atoms with Gasteiger partial charge in [0.15, 0.2) is 5.69 Å². The number of aromatic carboxylic acids is 1. The third-order valence-corrected chi connectivity index (χ3v) is 3.02. The summed E-state index contributed by atoms with van der Waals surface area (Å²) in [5.41, 5.74) is 1.99. The minimum absolute atomic E-state index is 0.0847. The number of hydrogen-bond donors (Lipinski definition) is 2. The van der Waals surface area contributed by atoms with Crippen LogP contribution in [0.25, 0.3) is 11.3 Å². The Labute approximate surface area is 126 Å². The van der Waals surface area contributed by atoms with E-state index in [1.165, 1.54) is 0 Å². The lowest BCUT2D eigenvalue weighted by molar-refractivity contribution is 0.0691. The Morgan fingerprint density at radius 2 is 1.59 bits per heavy atom. The molecule has 1 heterocycles. The quantitative estimate of drug-likeness (QED) is 0.706. The van der Waals surface area contributed by atoms with Crippen LogP contribution in [0.3, 0.4) is 0 Å². The lowest BCUT2D eigenvalue weighted by Gasteiger charge is -1.98. The van der Waals surface area contributed by atoms with Gasteiger partial charge in [-0.1, -0.05) is 48.5 Å². The molecule has 0 spiro atoms. The van der Waals surface area contributed by atoms with Gasteiger partial charge < -0.3 is 5.11 Å². The van der Waals surface area contributed by atoms with Crippen LogP contribution in [0.4, 0.5) is 11.4 Å². The number of azo groups is 1. The highest BCUT2D eigenvalue weighted by Gasteiger charge is 2.19. The molecular formula is C16H12N4O2. The summed E-state index contributed by atoms with van der Waals surface area (Å²) in [7, 11) is 0. The number of hydrogen-bond acceptors (Lipinski definition) is 4. The summed E-state index contributed by atoms with van der Waals surface area (Å²) >= 11 is 0. The van der Waals surface area contributed by atoms with Crippen molar-refractivity contribution in [2.75, 3.05) is 0 Å². The number of aromatic amines is 1. The van der Waals surface area contributed by atoms with Crippen LogP contribution < -0.4 is 0 Å². The third kappa shape index (κ3) is 2.76. The fraction of sp³-hybridized carbons (Fsp3) is 0. The Bertz CT molecular complexity index is 811. The average Bonchev–Trinajstić information content (AvgIpc) is 2.99. The lowest BCUT2D eigenvalue weighted by atomic mass is 10.1. The number of carboxylic acid groups (broad SMARTS) is 1. The zero-order valence-electron chi connectivity index (χ0n) is 11.5. The van der Waals surface area contributed by atoms with Crippen LogP contribution in [0.5, 0.6) is 0 Å². The smallest absolute Gasteiger partial charge is 0.356 e. The number of nitrogens with zero attached hydrogens (tertiary/aromatic N) is 3. The molecule has 0 fully saturated rings. The van der Waals surface area contributed by atoms with Gasteiger partial charge >= 0.3 is 5.97 Å². The van der Waals surface area contributed by atoms with Crippen molar-refractivity contribution in [2.24, 2.45) is 10.2 Å². The fourth-order valence-corrected chi connectivity index (χ4v) is 1.98. The van der Waals surface area contributed by atoms with Crippen molar-refractivity contribution in [1.82, 2.24) is 10.2 Å². The van der Waals surface area contributed by atoms with Gasteiger partial charge in [0.25, 0.3) is 0 Å². The minimum atomic E-state index is -1.13. The molecule has 6 heteroatoms. The SMILES string of the molecule is O=C(O)c1[nH]nc(-c2ccccc2)c1N=Nc1ccccc1. The molecule has 3 aromatic rings. The molecule has 6 nitrogen and oxygen atoms in total. The molecule has 3 rings (SSSR count). The molecule has 0 bridgehead atoms. The van der Waals surface area contributed by atoms with E-state index in [0.717, 1.165) is 5.56 Å². The number of carbonyl (C=O) groups is 1. The van der Waals surface area contributed by atoms with Crippen LogP contribution in [-0.2, 0) is 0 Å². The summed E-state index contributed by atoms with van der Waals surface area (Å²) < 4.78 is 0. The molecule has 0 saturated heterocycles. The highest BCUT2D eigenvalue weighted by molar-refractivity contribution is 5.95. The second kappa shape index (κ2) is 6.01. The Hall–Kier alpha value is -3.28. The maximum absolute atomic E-state index is 11.3. The molecule has 0 radical (unpaired) electrons. The first kappa shape index (κ1) is 13.7. The first-order chi connectivity index (χ1) is 10.8. The van der Waals surface area contributed by atoms with E-state index in [-0.39, 0.29) is 11.4 Å². The molecule has 2 aromatic carbocycles. The second-order valence-electron chi connectivity index (χ2n) is 4.50. The van der Waals surface area contributed by atoms with Crippen molar-refractivity contribution in [3.8, 4) is 11.3 Å². The number of aromatic nitrogens is 2. The van der Waals surface area contributed by atoms with Crippen molar-refractivity contribution in [3.63, 3.8) is 0 Å². The number of nitrogens with one attached hydrogen (secondary N) is 1. The number of benzene rings is 2. The van der Waals surface area contributed by atoms with E-state index >= 15 is 0 Å². The second-order valence-corrected chi connectivity index (χ2v) is 4.50. The molecule has 1 aromatic heterocycles. The Morgan fingerprint density at radius 1 is 0.955 bits per heavy atom. The van der Waals surface area contributed by atoms with Gasteiger partial charge in [0.1, 0.15) is 11.4 Å². The van der Waals surface area contributed by atoms with E-state index in [1.807, 2.05) is 48.5 Å². The monoisotopic (exact) mass is 292 g/mol. The largest absolute Gasteiger partial charge is 0.476 e. The Morgan fingerprint density at radius 3 is 2.23 bits per heavy atom. The molecule has 0 aliphatic rings. The average molecular weight is 292 g/mol. The first-order valence-electron chi connectivity index (χ1n) is 6.59. The van der Waals surface area contributed by atoms with Gasteiger partial charge in [-0.05, 0) is 12.1 Å². The zero-order valence-corrected chi connectivity index (χ0v) is 11.5. The van der Waals surface area contributed by atoms with E-state index in [9.17, 15) is 9.90 Å². The molecule has 0 unspecified atom stereocenters. The van der Waals surface area contributed by atoms with Gasteiger partial charge in [0.05, 0.1) is 5.69 Å². The summed E-state index contributed by atoms with van der Waals surface area (Å²) in [6, 6.07) is 18.4. The number of rotatable bonds is 4. The minimum Gasteiger partial charge on any atom is -0.476 e. The van der Waals surface area contributed by atoms with Gasteiger partial charge in [-0.15, -0.1) is 5.11 Å². The standard InChI is InChI=1S/C16H12N4O2/c21-16(22)15-14(19-17-12-9-5-2-6-10-12)13(18-20-15)11-7-3-1-4-8-11/h1-10H,(H,18,20)(H,21,22). The molecule has 0 saturated carbocycles.